The lowest BCUT2D eigenvalue weighted by molar-refractivity contribution is -0.146. The molecule has 1 atom stereocenters. The second-order valence-corrected chi connectivity index (χ2v) is 7.52. The second-order valence-electron chi connectivity index (χ2n) is 7.52. The first kappa shape index (κ1) is 16.4. The average Bonchev–Trinajstić information content (AvgIpc) is 3.36. The highest BCUT2D eigenvalue weighted by molar-refractivity contribution is 5.87. The molecular weight excluding hydrogens is 322 g/mol. The molecule has 1 aromatic rings. The molecule has 6 heteroatoms. The quantitative estimate of drug-likeness (QED) is 0.875. The number of hydrogen-bond acceptors (Lipinski definition) is 4. The Kier molecular flexibility index (Phi) is 3.95. The summed E-state index contributed by atoms with van der Waals surface area (Å²) in [6, 6.07) is 7.61. The van der Waals surface area contributed by atoms with Gasteiger partial charge in [0.05, 0.1) is 24.7 Å². The molecule has 0 radical (unpaired) electrons. The van der Waals surface area contributed by atoms with Crippen LogP contribution in [0.4, 0.5) is 0 Å². The van der Waals surface area contributed by atoms with Crippen LogP contribution in [0.2, 0.25) is 0 Å². The van der Waals surface area contributed by atoms with Crippen molar-refractivity contribution in [1.29, 1.82) is 0 Å². The minimum atomic E-state index is -0.865. The van der Waals surface area contributed by atoms with E-state index in [4.69, 9.17) is 9.47 Å². The lowest BCUT2D eigenvalue weighted by Gasteiger charge is -2.44. The first-order valence-corrected chi connectivity index (χ1v) is 8.91. The number of ether oxygens (including phenoxy) is 2. The van der Waals surface area contributed by atoms with Crippen molar-refractivity contribution in [3.05, 3.63) is 29.8 Å². The van der Waals surface area contributed by atoms with Crippen molar-refractivity contribution in [3.8, 4) is 5.75 Å². The maximum atomic E-state index is 12.5. The molecule has 2 aliphatic heterocycles. The van der Waals surface area contributed by atoms with E-state index >= 15 is 0 Å². The predicted octanol–water partition coefficient (Wildman–Crippen LogP) is 2.43. The van der Waals surface area contributed by atoms with Gasteiger partial charge in [0.25, 0.3) is 0 Å². The summed E-state index contributed by atoms with van der Waals surface area (Å²) in [6.07, 6.45) is 3.51. The standard InChI is InChI=1S/C19H23NO5/c21-16(12-18(5-6-18)17(22)23)20-14-11-19(7-9-24-10-8-19)25-15-4-2-1-3-13(14)15/h1-4,14H,5-12H2,(H,20,21)(H,22,23). The number of carboxylic acids is 1. The molecule has 1 spiro atoms. The topological polar surface area (TPSA) is 84.9 Å². The second kappa shape index (κ2) is 6.02. The Bertz CT molecular complexity index is 691. The van der Waals surface area contributed by atoms with E-state index in [9.17, 15) is 14.7 Å². The molecule has 25 heavy (non-hydrogen) atoms. The van der Waals surface area contributed by atoms with Crippen LogP contribution in [0.5, 0.6) is 5.75 Å². The molecule has 2 N–H and O–H groups in total. The number of hydrogen-bond donors (Lipinski definition) is 2. The number of carbonyl (C=O) groups is 2. The van der Waals surface area contributed by atoms with Gasteiger partial charge in [0.15, 0.2) is 0 Å². The molecule has 1 amide bonds. The van der Waals surface area contributed by atoms with Crippen LogP contribution in [0.3, 0.4) is 0 Å². The zero-order valence-electron chi connectivity index (χ0n) is 14.1. The van der Waals surface area contributed by atoms with Gasteiger partial charge < -0.3 is 19.9 Å². The molecule has 1 aliphatic carbocycles. The molecule has 0 aromatic heterocycles. The number of rotatable bonds is 4. The highest BCUT2D eigenvalue weighted by atomic mass is 16.5. The Morgan fingerprint density at radius 1 is 1.16 bits per heavy atom. The largest absolute Gasteiger partial charge is 0.487 e. The van der Waals surface area contributed by atoms with Crippen molar-refractivity contribution in [3.63, 3.8) is 0 Å². The van der Waals surface area contributed by atoms with Crippen molar-refractivity contribution in [2.75, 3.05) is 13.2 Å². The van der Waals surface area contributed by atoms with Gasteiger partial charge in [-0.1, -0.05) is 18.2 Å². The Morgan fingerprint density at radius 3 is 2.56 bits per heavy atom. The number of aliphatic carboxylic acids is 1. The number of para-hydroxylation sites is 1. The van der Waals surface area contributed by atoms with E-state index in [0.717, 1.165) is 24.2 Å². The van der Waals surface area contributed by atoms with E-state index in [1.807, 2.05) is 24.3 Å². The monoisotopic (exact) mass is 345 g/mol. The Labute approximate surface area is 146 Å². The number of amides is 1. The highest BCUT2D eigenvalue weighted by Gasteiger charge is 2.52. The maximum absolute atomic E-state index is 12.5. The Balaban J connectivity index is 1.53. The number of nitrogens with one attached hydrogen (secondary N) is 1. The van der Waals surface area contributed by atoms with Crippen molar-refractivity contribution < 1.29 is 24.2 Å². The van der Waals surface area contributed by atoms with E-state index < -0.39 is 11.4 Å². The molecule has 6 nitrogen and oxygen atoms in total. The van der Waals surface area contributed by atoms with Crippen molar-refractivity contribution in [2.24, 2.45) is 5.41 Å². The number of carbonyl (C=O) groups excluding carboxylic acids is 1. The molecule has 1 saturated heterocycles. The lowest BCUT2D eigenvalue weighted by atomic mass is 9.82. The van der Waals surface area contributed by atoms with Gasteiger partial charge in [-0.15, -0.1) is 0 Å². The van der Waals surface area contributed by atoms with E-state index in [-0.39, 0.29) is 24.0 Å². The van der Waals surface area contributed by atoms with Gasteiger partial charge in [0, 0.05) is 31.2 Å². The van der Waals surface area contributed by atoms with Crippen LogP contribution in [0, 0.1) is 5.41 Å². The first-order chi connectivity index (χ1) is 12.0. The number of carboxylic acid groups (broad SMARTS) is 1. The van der Waals surface area contributed by atoms with E-state index in [1.165, 1.54) is 0 Å². The van der Waals surface area contributed by atoms with E-state index in [2.05, 4.69) is 5.32 Å². The molecule has 1 saturated carbocycles. The van der Waals surface area contributed by atoms with Gasteiger partial charge in [-0.3, -0.25) is 9.59 Å². The fraction of sp³-hybridized carbons (Fsp3) is 0.579. The summed E-state index contributed by atoms with van der Waals surface area (Å²) in [7, 11) is 0. The number of fused-ring (bicyclic) bond motifs is 1. The van der Waals surface area contributed by atoms with Gasteiger partial charge in [0.2, 0.25) is 5.91 Å². The lowest BCUT2D eigenvalue weighted by Crippen LogP contribution is -2.48. The van der Waals surface area contributed by atoms with Gasteiger partial charge in [0.1, 0.15) is 11.4 Å². The van der Waals surface area contributed by atoms with Gasteiger partial charge in [-0.05, 0) is 18.9 Å². The first-order valence-electron chi connectivity index (χ1n) is 8.91. The van der Waals surface area contributed by atoms with Crippen LogP contribution in [-0.2, 0) is 14.3 Å². The zero-order chi connectivity index (χ0) is 17.5. The van der Waals surface area contributed by atoms with Crippen LogP contribution in [0.15, 0.2) is 24.3 Å². The molecule has 2 heterocycles. The molecule has 4 rings (SSSR count). The minimum absolute atomic E-state index is 0.0535. The van der Waals surface area contributed by atoms with Crippen LogP contribution in [0.1, 0.15) is 50.1 Å². The molecule has 1 unspecified atom stereocenters. The highest BCUT2D eigenvalue weighted by Crippen LogP contribution is 2.49. The summed E-state index contributed by atoms with van der Waals surface area (Å²) in [4.78, 5) is 23.9. The third-order valence-electron chi connectivity index (χ3n) is 5.74. The maximum Gasteiger partial charge on any atom is 0.310 e. The van der Waals surface area contributed by atoms with Crippen molar-refractivity contribution in [2.45, 2.75) is 50.2 Å². The normalized spacial score (nSPS) is 25.5. The van der Waals surface area contributed by atoms with Crippen molar-refractivity contribution >= 4 is 11.9 Å². The van der Waals surface area contributed by atoms with Crippen LogP contribution in [0.25, 0.3) is 0 Å². The smallest absolute Gasteiger partial charge is 0.310 e. The predicted molar refractivity (Wildman–Crippen MR) is 89.3 cm³/mol. The Morgan fingerprint density at radius 2 is 1.88 bits per heavy atom. The average molecular weight is 345 g/mol. The molecule has 2 fully saturated rings. The fourth-order valence-electron chi connectivity index (χ4n) is 3.97. The van der Waals surface area contributed by atoms with Gasteiger partial charge in [-0.25, -0.2) is 0 Å². The van der Waals surface area contributed by atoms with Crippen LogP contribution < -0.4 is 10.1 Å². The van der Waals surface area contributed by atoms with E-state index in [1.54, 1.807) is 0 Å². The minimum Gasteiger partial charge on any atom is -0.487 e. The SMILES string of the molecule is O=C(CC1(C(=O)O)CC1)NC1CC2(CCOCC2)Oc2ccccc21. The Hall–Kier alpha value is -2.08. The van der Waals surface area contributed by atoms with Gasteiger partial charge >= 0.3 is 5.97 Å². The fourth-order valence-corrected chi connectivity index (χ4v) is 3.97. The summed E-state index contributed by atoms with van der Waals surface area (Å²) in [5.41, 5.74) is -0.187. The summed E-state index contributed by atoms with van der Waals surface area (Å²) in [5.74, 6) is -0.250. The third kappa shape index (κ3) is 3.11. The molecule has 3 aliphatic rings. The molecular formula is C19H23NO5. The van der Waals surface area contributed by atoms with Gasteiger partial charge in [-0.2, -0.15) is 0 Å². The van der Waals surface area contributed by atoms with Crippen molar-refractivity contribution in [1.82, 2.24) is 5.32 Å². The number of benzene rings is 1. The summed E-state index contributed by atoms with van der Waals surface area (Å²) in [6.45, 7) is 1.32. The summed E-state index contributed by atoms with van der Waals surface area (Å²) in [5, 5.41) is 12.4. The van der Waals surface area contributed by atoms with Crippen LogP contribution >= 0.6 is 0 Å². The molecule has 134 valence electrons. The zero-order valence-corrected chi connectivity index (χ0v) is 14.1. The van der Waals surface area contributed by atoms with Crippen LogP contribution in [-0.4, -0.2) is 35.8 Å². The molecule has 0 bridgehead atoms. The molecule has 1 aromatic carbocycles. The summed E-state index contributed by atoms with van der Waals surface area (Å²) < 4.78 is 11.8. The summed E-state index contributed by atoms with van der Waals surface area (Å²) >= 11 is 0. The third-order valence-corrected chi connectivity index (χ3v) is 5.74. The van der Waals surface area contributed by atoms with E-state index in [0.29, 0.717) is 32.5 Å².